The van der Waals surface area contributed by atoms with Gasteiger partial charge in [0.25, 0.3) is 0 Å². The molecule has 92 valence electrons. The molecule has 0 bridgehead atoms. The number of hydrogen-bond acceptors (Lipinski definition) is 3. The fourth-order valence-corrected chi connectivity index (χ4v) is 1.95. The van der Waals surface area contributed by atoms with Crippen LogP contribution < -0.4 is 11.1 Å². The number of hydrogen-bond donors (Lipinski definition) is 2. The van der Waals surface area contributed by atoms with E-state index >= 15 is 0 Å². The zero-order chi connectivity index (χ0) is 12.1. The van der Waals surface area contributed by atoms with Crippen LogP contribution in [0.25, 0.3) is 0 Å². The van der Waals surface area contributed by atoms with Crippen molar-refractivity contribution in [3.63, 3.8) is 0 Å². The standard InChI is InChI=1S/C13H18N2O2/c14-11-5-3-4-10(8-11)9-15-13(16)12-6-1-2-7-17-12/h3-5,8,12H,1-2,6-7,9,14H2,(H,15,16). The van der Waals surface area contributed by atoms with Crippen molar-refractivity contribution >= 4 is 11.6 Å². The number of carbonyl (C=O) groups excluding carboxylic acids is 1. The summed E-state index contributed by atoms with van der Waals surface area (Å²) in [5, 5.41) is 2.88. The van der Waals surface area contributed by atoms with Gasteiger partial charge in [0.1, 0.15) is 6.10 Å². The van der Waals surface area contributed by atoms with Crippen molar-refractivity contribution in [2.75, 3.05) is 12.3 Å². The number of nitrogen functional groups attached to an aromatic ring is 1. The van der Waals surface area contributed by atoms with E-state index in [1.54, 1.807) is 0 Å². The number of benzene rings is 1. The van der Waals surface area contributed by atoms with Crippen LogP contribution in [0.1, 0.15) is 24.8 Å². The first-order valence-corrected chi connectivity index (χ1v) is 5.99. The van der Waals surface area contributed by atoms with Gasteiger partial charge in [-0.1, -0.05) is 12.1 Å². The van der Waals surface area contributed by atoms with Gasteiger partial charge in [0.15, 0.2) is 0 Å². The van der Waals surface area contributed by atoms with E-state index in [0.717, 1.165) is 24.8 Å². The van der Waals surface area contributed by atoms with Gasteiger partial charge in [-0.15, -0.1) is 0 Å². The average molecular weight is 234 g/mol. The summed E-state index contributed by atoms with van der Waals surface area (Å²) < 4.78 is 5.42. The smallest absolute Gasteiger partial charge is 0.249 e. The van der Waals surface area contributed by atoms with E-state index in [-0.39, 0.29) is 12.0 Å². The quantitative estimate of drug-likeness (QED) is 0.778. The van der Waals surface area contributed by atoms with Crippen molar-refractivity contribution in [3.05, 3.63) is 29.8 Å². The molecule has 1 heterocycles. The fraction of sp³-hybridized carbons (Fsp3) is 0.462. The first-order valence-electron chi connectivity index (χ1n) is 5.99. The highest BCUT2D eigenvalue weighted by Gasteiger charge is 2.21. The highest BCUT2D eigenvalue weighted by atomic mass is 16.5. The molecule has 17 heavy (non-hydrogen) atoms. The summed E-state index contributed by atoms with van der Waals surface area (Å²) in [6, 6.07) is 7.52. The summed E-state index contributed by atoms with van der Waals surface area (Å²) in [6.45, 7) is 1.19. The number of ether oxygens (including phenoxy) is 1. The molecule has 0 saturated carbocycles. The van der Waals surface area contributed by atoms with E-state index in [4.69, 9.17) is 10.5 Å². The van der Waals surface area contributed by atoms with Gasteiger partial charge in [-0.05, 0) is 37.0 Å². The van der Waals surface area contributed by atoms with E-state index in [2.05, 4.69) is 5.32 Å². The maximum atomic E-state index is 11.8. The summed E-state index contributed by atoms with van der Waals surface area (Å²) in [7, 11) is 0. The first-order chi connectivity index (χ1) is 8.25. The second-order valence-corrected chi connectivity index (χ2v) is 4.32. The SMILES string of the molecule is Nc1cccc(CNC(=O)C2CCCCO2)c1. The summed E-state index contributed by atoms with van der Waals surface area (Å²) in [5.41, 5.74) is 7.39. The Kier molecular flexibility index (Phi) is 3.98. The van der Waals surface area contributed by atoms with E-state index < -0.39 is 0 Å². The van der Waals surface area contributed by atoms with Crippen molar-refractivity contribution in [2.24, 2.45) is 0 Å². The number of nitrogens with two attached hydrogens (primary N) is 1. The van der Waals surface area contributed by atoms with E-state index in [1.807, 2.05) is 24.3 Å². The summed E-state index contributed by atoms with van der Waals surface area (Å²) >= 11 is 0. The highest BCUT2D eigenvalue weighted by Crippen LogP contribution is 2.13. The third-order valence-electron chi connectivity index (χ3n) is 2.89. The first kappa shape index (κ1) is 11.9. The Hall–Kier alpha value is -1.55. The summed E-state index contributed by atoms with van der Waals surface area (Å²) in [5.74, 6) is -0.0212. The number of carbonyl (C=O) groups is 1. The van der Waals surface area contributed by atoms with Crippen LogP contribution in [0.5, 0.6) is 0 Å². The van der Waals surface area contributed by atoms with Crippen molar-refractivity contribution in [1.82, 2.24) is 5.32 Å². The maximum Gasteiger partial charge on any atom is 0.249 e. The molecule has 0 spiro atoms. The van der Waals surface area contributed by atoms with Gasteiger partial charge in [0, 0.05) is 18.8 Å². The Morgan fingerprint density at radius 3 is 3.06 bits per heavy atom. The molecular weight excluding hydrogens is 216 g/mol. The minimum absolute atomic E-state index is 0.0212. The zero-order valence-corrected chi connectivity index (χ0v) is 9.82. The molecule has 4 heteroatoms. The van der Waals surface area contributed by atoms with Crippen LogP contribution >= 0.6 is 0 Å². The topological polar surface area (TPSA) is 64.3 Å². The molecule has 1 aliphatic heterocycles. The monoisotopic (exact) mass is 234 g/mol. The van der Waals surface area contributed by atoms with Gasteiger partial charge in [-0.25, -0.2) is 0 Å². The predicted octanol–water partition coefficient (Wildman–Crippen LogP) is 1.45. The minimum Gasteiger partial charge on any atom is -0.399 e. The molecule has 1 saturated heterocycles. The number of rotatable bonds is 3. The highest BCUT2D eigenvalue weighted by molar-refractivity contribution is 5.80. The molecule has 0 aliphatic carbocycles. The van der Waals surface area contributed by atoms with Crippen LogP contribution in [0.4, 0.5) is 5.69 Å². The largest absolute Gasteiger partial charge is 0.399 e. The van der Waals surface area contributed by atoms with Crippen molar-refractivity contribution in [2.45, 2.75) is 31.9 Å². The molecule has 1 aromatic rings. The molecule has 3 N–H and O–H groups in total. The second-order valence-electron chi connectivity index (χ2n) is 4.32. The van der Waals surface area contributed by atoms with Crippen LogP contribution in [-0.2, 0) is 16.1 Å². The van der Waals surface area contributed by atoms with Gasteiger partial charge < -0.3 is 15.8 Å². The molecule has 0 radical (unpaired) electrons. The average Bonchev–Trinajstić information content (AvgIpc) is 2.37. The van der Waals surface area contributed by atoms with Gasteiger partial charge in [-0.2, -0.15) is 0 Å². The zero-order valence-electron chi connectivity index (χ0n) is 9.82. The van der Waals surface area contributed by atoms with Crippen molar-refractivity contribution < 1.29 is 9.53 Å². The van der Waals surface area contributed by atoms with Crippen LogP contribution in [0.2, 0.25) is 0 Å². The minimum atomic E-state index is -0.273. The van der Waals surface area contributed by atoms with Gasteiger partial charge in [-0.3, -0.25) is 4.79 Å². The van der Waals surface area contributed by atoms with E-state index in [1.165, 1.54) is 0 Å². The Balaban J connectivity index is 1.83. The number of amides is 1. The van der Waals surface area contributed by atoms with E-state index in [9.17, 15) is 4.79 Å². The van der Waals surface area contributed by atoms with Gasteiger partial charge >= 0.3 is 0 Å². The molecule has 1 fully saturated rings. The molecule has 4 nitrogen and oxygen atoms in total. The van der Waals surface area contributed by atoms with E-state index in [0.29, 0.717) is 18.8 Å². The number of nitrogens with one attached hydrogen (secondary N) is 1. The van der Waals surface area contributed by atoms with Crippen molar-refractivity contribution in [3.8, 4) is 0 Å². The Morgan fingerprint density at radius 1 is 1.47 bits per heavy atom. The lowest BCUT2D eigenvalue weighted by molar-refractivity contribution is -0.135. The molecule has 1 atom stereocenters. The molecule has 1 aliphatic rings. The molecule has 1 aromatic carbocycles. The fourth-order valence-electron chi connectivity index (χ4n) is 1.95. The Morgan fingerprint density at radius 2 is 2.35 bits per heavy atom. The van der Waals surface area contributed by atoms with Gasteiger partial charge in [0.05, 0.1) is 0 Å². The van der Waals surface area contributed by atoms with Gasteiger partial charge in [0.2, 0.25) is 5.91 Å². The Labute approximate surface area is 101 Å². The molecule has 1 amide bonds. The lowest BCUT2D eigenvalue weighted by atomic mass is 10.1. The van der Waals surface area contributed by atoms with Crippen LogP contribution in [0.3, 0.4) is 0 Å². The molecular formula is C13H18N2O2. The third-order valence-corrected chi connectivity index (χ3v) is 2.89. The predicted molar refractivity (Wildman–Crippen MR) is 66.3 cm³/mol. The molecule has 1 unspecified atom stereocenters. The summed E-state index contributed by atoms with van der Waals surface area (Å²) in [4.78, 5) is 11.8. The maximum absolute atomic E-state index is 11.8. The van der Waals surface area contributed by atoms with Crippen molar-refractivity contribution in [1.29, 1.82) is 0 Å². The lowest BCUT2D eigenvalue weighted by Gasteiger charge is -2.21. The normalized spacial score (nSPS) is 19.9. The molecule has 2 rings (SSSR count). The van der Waals surface area contributed by atoms with Crippen LogP contribution in [0, 0.1) is 0 Å². The van der Waals surface area contributed by atoms with Crippen LogP contribution in [0.15, 0.2) is 24.3 Å². The van der Waals surface area contributed by atoms with Crippen LogP contribution in [-0.4, -0.2) is 18.6 Å². The Bertz CT molecular complexity index is 387. The summed E-state index contributed by atoms with van der Waals surface area (Å²) in [6.07, 6.45) is 2.67. The molecule has 0 aromatic heterocycles. The lowest BCUT2D eigenvalue weighted by Crippen LogP contribution is -2.37. The second kappa shape index (κ2) is 5.68. The third kappa shape index (κ3) is 3.46. The number of anilines is 1.